The molecule has 9 heteroatoms. The molecule has 170 valence electrons. The normalized spacial score (nSPS) is 15.9. The van der Waals surface area contributed by atoms with E-state index in [-0.39, 0.29) is 5.37 Å². The highest BCUT2D eigenvalue weighted by molar-refractivity contribution is 7.99. The summed E-state index contributed by atoms with van der Waals surface area (Å²) in [6.45, 7) is 8.34. The number of fused-ring (bicyclic) bond motifs is 1. The first kappa shape index (κ1) is 23.0. The third-order valence-corrected chi connectivity index (χ3v) is 9.13. The van der Waals surface area contributed by atoms with Crippen molar-refractivity contribution in [2.75, 3.05) is 6.61 Å². The van der Waals surface area contributed by atoms with Crippen molar-refractivity contribution in [1.82, 2.24) is 24.3 Å². The van der Waals surface area contributed by atoms with Crippen molar-refractivity contribution >= 4 is 30.9 Å². The topological polar surface area (TPSA) is 81.5 Å². The van der Waals surface area contributed by atoms with Gasteiger partial charge >= 0.3 is 0 Å². The minimum absolute atomic E-state index is 0.0403. The molecule has 32 heavy (non-hydrogen) atoms. The Kier molecular flexibility index (Phi) is 7.33. The molecule has 3 aromatic rings. The van der Waals surface area contributed by atoms with E-state index in [0.717, 1.165) is 34.9 Å². The second kappa shape index (κ2) is 10.2. The molecule has 0 saturated heterocycles. The molecule has 1 fully saturated rings. The van der Waals surface area contributed by atoms with E-state index >= 15 is 0 Å². The lowest BCUT2D eigenvalue weighted by molar-refractivity contribution is 0.0899. The number of aromatic nitrogens is 5. The van der Waals surface area contributed by atoms with Gasteiger partial charge in [-0.15, -0.1) is 11.8 Å². The van der Waals surface area contributed by atoms with Gasteiger partial charge in [-0.25, -0.2) is 9.97 Å². The highest BCUT2D eigenvalue weighted by Crippen LogP contribution is 2.38. The second-order valence-electron chi connectivity index (χ2n) is 9.66. The smallest absolute Gasteiger partial charge is 0.145 e. The largest absolute Gasteiger partial charge is 0.361 e. The van der Waals surface area contributed by atoms with E-state index < -0.39 is 8.07 Å². The van der Waals surface area contributed by atoms with E-state index in [1.165, 1.54) is 25.7 Å². The van der Waals surface area contributed by atoms with Crippen LogP contribution in [0, 0.1) is 11.3 Å². The van der Waals surface area contributed by atoms with Crippen LogP contribution < -0.4 is 0 Å². The zero-order chi connectivity index (χ0) is 22.6. The van der Waals surface area contributed by atoms with Crippen LogP contribution in [0.25, 0.3) is 22.3 Å². The molecule has 0 amide bonds. The van der Waals surface area contributed by atoms with E-state index in [4.69, 9.17) is 4.74 Å². The van der Waals surface area contributed by atoms with Crippen LogP contribution in [0.5, 0.6) is 0 Å². The third kappa shape index (κ3) is 5.60. The van der Waals surface area contributed by atoms with E-state index in [0.29, 0.717) is 18.4 Å². The molecule has 0 aromatic carbocycles. The van der Waals surface area contributed by atoms with Gasteiger partial charge < -0.3 is 9.30 Å². The molecular formula is C23H32N6OSSi. The van der Waals surface area contributed by atoms with Gasteiger partial charge in [0.25, 0.3) is 0 Å². The Morgan fingerprint density at radius 1 is 1.28 bits per heavy atom. The zero-order valence-corrected chi connectivity index (χ0v) is 21.0. The molecule has 1 saturated carbocycles. The van der Waals surface area contributed by atoms with Gasteiger partial charge in [0.05, 0.1) is 24.4 Å². The summed E-state index contributed by atoms with van der Waals surface area (Å²) >= 11 is 1.89. The summed E-state index contributed by atoms with van der Waals surface area (Å²) in [5, 5.41) is 15.6. The lowest BCUT2D eigenvalue weighted by atomic mass is 10.2. The van der Waals surface area contributed by atoms with Crippen LogP contribution in [0.2, 0.25) is 25.7 Å². The van der Waals surface area contributed by atoms with Crippen LogP contribution in [0.1, 0.15) is 37.5 Å². The molecule has 1 unspecified atom stereocenters. The molecule has 1 atom stereocenters. The van der Waals surface area contributed by atoms with Crippen molar-refractivity contribution in [1.29, 1.82) is 5.26 Å². The van der Waals surface area contributed by atoms with E-state index in [2.05, 4.69) is 40.8 Å². The fourth-order valence-corrected chi connectivity index (χ4v) is 6.24. The SMILES string of the molecule is C[Si](C)(C)CCOCn1ccc2c(-c3cnn(C(CC#N)SC4CCCC4)c3)ncnc21. The minimum atomic E-state index is -1.10. The molecule has 0 spiro atoms. The van der Waals surface area contributed by atoms with Crippen molar-refractivity contribution in [3.8, 4) is 17.3 Å². The van der Waals surface area contributed by atoms with Gasteiger partial charge in [-0.05, 0) is 25.0 Å². The summed E-state index contributed by atoms with van der Waals surface area (Å²) in [5.74, 6) is 0. The summed E-state index contributed by atoms with van der Waals surface area (Å²) < 4.78 is 9.89. The first-order valence-corrected chi connectivity index (χ1v) is 16.0. The van der Waals surface area contributed by atoms with E-state index in [9.17, 15) is 5.26 Å². The summed E-state index contributed by atoms with van der Waals surface area (Å²) in [6, 6.07) is 5.53. The van der Waals surface area contributed by atoms with Crippen LogP contribution in [-0.2, 0) is 11.5 Å². The van der Waals surface area contributed by atoms with Gasteiger partial charge in [0.2, 0.25) is 0 Å². The van der Waals surface area contributed by atoms with Crippen LogP contribution in [0.15, 0.2) is 31.0 Å². The Morgan fingerprint density at radius 2 is 2.09 bits per heavy atom. The number of nitriles is 1. The Morgan fingerprint density at radius 3 is 2.84 bits per heavy atom. The number of nitrogens with zero attached hydrogens (tertiary/aromatic N) is 6. The molecule has 3 heterocycles. The average molecular weight is 469 g/mol. The predicted octanol–water partition coefficient (Wildman–Crippen LogP) is 5.70. The molecule has 3 aromatic heterocycles. The Balaban J connectivity index is 1.50. The maximum Gasteiger partial charge on any atom is 0.145 e. The van der Waals surface area contributed by atoms with Gasteiger partial charge in [-0.1, -0.05) is 32.5 Å². The highest BCUT2D eigenvalue weighted by Gasteiger charge is 2.23. The van der Waals surface area contributed by atoms with Crippen molar-refractivity contribution in [2.24, 2.45) is 0 Å². The molecule has 1 aliphatic rings. The highest BCUT2D eigenvalue weighted by atomic mass is 32.2. The summed E-state index contributed by atoms with van der Waals surface area (Å²) in [6.07, 6.45) is 13.0. The number of ether oxygens (including phenoxy) is 1. The molecular weight excluding hydrogens is 436 g/mol. The quantitative estimate of drug-likeness (QED) is 0.281. The van der Waals surface area contributed by atoms with Crippen molar-refractivity contribution in [2.45, 2.75) is 75.1 Å². The summed E-state index contributed by atoms with van der Waals surface area (Å²) in [4.78, 5) is 9.06. The zero-order valence-electron chi connectivity index (χ0n) is 19.2. The molecule has 0 N–H and O–H groups in total. The first-order valence-electron chi connectivity index (χ1n) is 11.4. The maximum absolute atomic E-state index is 9.34. The summed E-state index contributed by atoms with van der Waals surface area (Å²) in [5.41, 5.74) is 2.68. The van der Waals surface area contributed by atoms with Crippen LogP contribution >= 0.6 is 11.8 Å². The Bertz CT molecular complexity index is 1080. The summed E-state index contributed by atoms with van der Waals surface area (Å²) in [7, 11) is -1.10. The molecule has 4 rings (SSSR count). The van der Waals surface area contributed by atoms with Crippen molar-refractivity contribution in [3.63, 3.8) is 0 Å². The van der Waals surface area contributed by atoms with E-state index in [1.807, 2.05) is 45.7 Å². The molecule has 0 aliphatic heterocycles. The molecule has 0 bridgehead atoms. The standard InChI is InChI=1S/C23H32N6OSSi/c1-32(2,3)13-12-30-17-28-11-9-20-22(25-16-26-23(20)28)18-14-27-29(15-18)21(8-10-24)31-19-6-4-5-7-19/h9,11,14-16,19,21H,4-8,12-13,17H2,1-3H3. The lowest BCUT2D eigenvalue weighted by Crippen LogP contribution is -2.22. The molecule has 0 radical (unpaired) electrons. The number of thioether (sulfide) groups is 1. The second-order valence-corrected chi connectivity index (χ2v) is 16.8. The first-order chi connectivity index (χ1) is 15.4. The van der Waals surface area contributed by atoms with Gasteiger partial charge in [0.15, 0.2) is 0 Å². The van der Waals surface area contributed by atoms with Gasteiger partial charge in [-0.2, -0.15) is 10.4 Å². The monoisotopic (exact) mass is 468 g/mol. The van der Waals surface area contributed by atoms with Crippen molar-refractivity contribution < 1.29 is 4.74 Å². The van der Waals surface area contributed by atoms with Gasteiger partial charge in [-0.3, -0.25) is 4.68 Å². The van der Waals surface area contributed by atoms with Crippen LogP contribution in [-0.4, -0.2) is 44.2 Å². The Labute approximate surface area is 195 Å². The number of hydrogen-bond acceptors (Lipinski definition) is 6. The lowest BCUT2D eigenvalue weighted by Gasteiger charge is -2.18. The van der Waals surface area contributed by atoms with E-state index in [1.54, 1.807) is 6.33 Å². The predicted molar refractivity (Wildman–Crippen MR) is 132 cm³/mol. The minimum Gasteiger partial charge on any atom is -0.361 e. The van der Waals surface area contributed by atoms with Crippen LogP contribution in [0.4, 0.5) is 0 Å². The third-order valence-electron chi connectivity index (χ3n) is 5.87. The average Bonchev–Trinajstić information content (AvgIpc) is 3.51. The van der Waals surface area contributed by atoms with Crippen LogP contribution in [0.3, 0.4) is 0 Å². The number of hydrogen-bond donors (Lipinski definition) is 0. The Hall–Kier alpha value is -2.15. The molecule has 7 nitrogen and oxygen atoms in total. The number of rotatable bonds is 10. The van der Waals surface area contributed by atoms with Gasteiger partial charge in [0.1, 0.15) is 24.1 Å². The fourth-order valence-electron chi connectivity index (χ4n) is 4.03. The van der Waals surface area contributed by atoms with Gasteiger partial charge in [0, 0.05) is 43.3 Å². The maximum atomic E-state index is 9.34. The molecule has 1 aliphatic carbocycles. The van der Waals surface area contributed by atoms with Crippen molar-refractivity contribution in [3.05, 3.63) is 31.0 Å². The fraction of sp³-hybridized carbons (Fsp3) is 0.565.